The van der Waals surface area contributed by atoms with Gasteiger partial charge in [0.05, 0.1) is 14.2 Å². The van der Waals surface area contributed by atoms with Crippen LogP contribution in [0.1, 0.15) is 15.9 Å². The molecule has 5 heteroatoms. The minimum atomic E-state index is -0.324. The molecule has 2 aromatic carbocycles. The molecule has 2 aromatic rings. The molecule has 116 valence electrons. The van der Waals surface area contributed by atoms with Crippen molar-refractivity contribution in [1.29, 1.82) is 0 Å². The van der Waals surface area contributed by atoms with Crippen LogP contribution >= 0.6 is 0 Å². The Labute approximate surface area is 128 Å². The molecule has 0 heterocycles. The summed E-state index contributed by atoms with van der Waals surface area (Å²) >= 11 is 0. The number of benzene rings is 2. The second-order valence-corrected chi connectivity index (χ2v) is 4.69. The highest BCUT2D eigenvalue weighted by atomic mass is 19.1. The molecule has 0 aliphatic heterocycles. The van der Waals surface area contributed by atoms with Gasteiger partial charge >= 0.3 is 0 Å². The molecular weight excluding hydrogens is 285 g/mol. The van der Waals surface area contributed by atoms with E-state index >= 15 is 0 Å². The predicted molar refractivity (Wildman–Crippen MR) is 82.0 cm³/mol. The number of ether oxygens (including phenoxy) is 2. The molecule has 0 atom stereocenters. The topological polar surface area (TPSA) is 47.6 Å². The second-order valence-electron chi connectivity index (χ2n) is 4.69. The monoisotopic (exact) mass is 303 g/mol. The number of methoxy groups -OCH3 is 2. The number of halogens is 1. The maximum atomic E-state index is 13.3. The molecule has 0 saturated carbocycles. The molecule has 22 heavy (non-hydrogen) atoms. The van der Waals surface area contributed by atoms with Crippen molar-refractivity contribution in [2.45, 2.75) is 6.42 Å². The molecule has 0 saturated heterocycles. The first kappa shape index (κ1) is 15.8. The summed E-state index contributed by atoms with van der Waals surface area (Å²) in [5.74, 6) is 0.709. The summed E-state index contributed by atoms with van der Waals surface area (Å²) in [6.07, 6.45) is 0.483. The molecule has 0 spiro atoms. The van der Waals surface area contributed by atoms with Crippen LogP contribution in [-0.4, -0.2) is 26.7 Å². The van der Waals surface area contributed by atoms with Crippen LogP contribution in [0.2, 0.25) is 0 Å². The molecule has 0 aromatic heterocycles. The molecule has 1 amide bonds. The lowest BCUT2D eigenvalue weighted by atomic mass is 10.1. The minimum Gasteiger partial charge on any atom is -0.497 e. The second kappa shape index (κ2) is 7.45. The summed E-state index contributed by atoms with van der Waals surface area (Å²) < 4.78 is 23.5. The maximum absolute atomic E-state index is 13.3. The fourth-order valence-corrected chi connectivity index (χ4v) is 2.12. The van der Waals surface area contributed by atoms with Gasteiger partial charge < -0.3 is 14.8 Å². The minimum absolute atomic E-state index is 0.200. The van der Waals surface area contributed by atoms with Crippen LogP contribution in [0.5, 0.6) is 11.5 Å². The quantitative estimate of drug-likeness (QED) is 0.892. The smallest absolute Gasteiger partial charge is 0.251 e. The standard InChI is InChI=1S/C17H18FNO3/c1-21-15-5-3-4-13(11-15)17(20)19-9-8-12-10-14(18)6-7-16(12)22-2/h3-7,10-11H,8-9H2,1-2H3,(H,19,20). The molecule has 4 nitrogen and oxygen atoms in total. The van der Waals surface area contributed by atoms with Crippen molar-refractivity contribution < 1.29 is 18.7 Å². The average Bonchev–Trinajstić information content (AvgIpc) is 2.55. The van der Waals surface area contributed by atoms with E-state index < -0.39 is 0 Å². The number of hydrogen-bond acceptors (Lipinski definition) is 3. The van der Waals surface area contributed by atoms with E-state index in [4.69, 9.17) is 9.47 Å². The summed E-state index contributed by atoms with van der Waals surface area (Å²) in [6, 6.07) is 11.2. The van der Waals surface area contributed by atoms with Gasteiger partial charge in [0, 0.05) is 12.1 Å². The van der Waals surface area contributed by atoms with Gasteiger partial charge in [0.25, 0.3) is 5.91 Å². The number of rotatable bonds is 6. The van der Waals surface area contributed by atoms with Crippen LogP contribution in [0.15, 0.2) is 42.5 Å². The van der Waals surface area contributed by atoms with Gasteiger partial charge in [-0.1, -0.05) is 6.07 Å². The van der Waals surface area contributed by atoms with E-state index in [0.717, 1.165) is 0 Å². The fraction of sp³-hybridized carbons (Fsp3) is 0.235. The van der Waals surface area contributed by atoms with E-state index in [1.807, 2.05) is 0 Å². The fourth-order valence-electron chi connectivity index (χ4n) is 2.12. The SMILES string of the molecule is COc1cccc(C(=O)NCCc2cc(F)ccc2OC)c1. The predicted octanol–water partition coefficient (Wildman–Crippen LogP) is 2.82. The number of amides is 1. The number of nitrogens with one attached hydrogen (secondary N) is 1. The van der Waals surface area contributed by atoms with Crippen molar-refractivity contribution in [3.05, 3.63) is 59.4 Å². The Hall–Kier alpha value is -2.56. The van der Waals surface area contributed by atoms with Gasteiger partial charge in [-0.25, -0.2) is 4.39 Å². The van der Waals surface area contributed by atoms with Crippen molar-refractivity contribution in [2.75, 3.05) is 20.8 Å². The van der Waals surface area contributed by atoms with Gasteiger partial charge in [-0.05, 0) is 48.4 Å². The van der Waals surface area contributed by atoms with Crippen LogP contribution in [-0.2, 0) is 6.42 Å². The van der Waals surface area contributed by atoms with Crippen LogP contribution in [0.3, 0.4) is 0 Å². The van der Waals surface area contributed by atoms with Crippen molar-refractivity contribution in [3.63, 3.8) is 0 Å². The molecule has 0 aliphatic rings. The molecule has 0 radical (unpaired) electrons. The summed E-state index contributed by atoms with van der Waals surface area (Å²) in [5, 5.41) is 2.80. The highest BCUT2D eigenvalue weighted by Crippen LogP contribution is 2.19. The highest BCUT2D eigenvalue weighted by Gasteiger charge is 2.08. The zero-order valence-electron chi connectivity index (χ0n) is 12.6. The van der Waals surface area contributed by atoms with Gasteiger partial charge in [0.15, 0.2) is 0 Å². The van der Waals surface area contributed by atoms with Crippen molar-refractivity contribution in [3.8, 4) is 11.5 Å². The highest BCUT2D eigenvalue weighted by molar-refractivity contribution is 5.94. The Morgan fingerprint density at radius 2 is 1.95 bits per heavy atom. The van der Waals surface area contributed by atoms with Gasteiger partial charge in [0.1, 0.15) is 17.3 Å². The first-order valence-corrected chi connectivity index (χ1v) is 6.88. The third-order valence-corrected chi connectivity index (χ3v) is 3.25. The maximum Gasteiger partial charge on any atom is 0.251 e. The number of hydrogen-bond donors (Lipinski definition) is 1. The van der Waals surface area contributed by atoms with Crippen LogP contribution in [0, 0.1) is 5.82 Å². The summed E-state index contributed by atoms with van der Waals surface area (Å²) in [7, 11) is 3.08. The lowest BCUT2D eigenvalue weighted by molar-refractivity contribution is 0.0953. The third kappa shape index (κ3) is 3.97. The Morgan fingerprint density at radius 3 is 2.68 bits per heavy atom. The normalized spacial score (nSPS) is 10.1. The Morgan fingerprint density at radius 1 is 1.14 bits per heavy atom. The summed E-state index contributed by atoms with van der Waals surface area (Å²) in [5.41, 5.74) is 1.24. The van der Waals surface area contributed by atoms with Gasteiger partial charge in [-0.2, -0.15) is 0 Å². The zero-order valence-corrected chi connectivity index (χ0v) is 12.6. The molecule has 0 unspecified atom stereocenters. The largest absolute Gasteiger partial charge is 0.497 e. The van der Waals surface area contributed by atoms with E-state index in [1.165, 1.54) is 19.2 Å². The van der Waals surface area contributed by atoms with Crippen molar-refractivity contribution in [1.82, 2.24) is 5.32 Å². The average molecular weight is 303 g/mol. The third-order valence-electron chi connectivity index (χ3n) is 3.25. The zero-order chi connectivity index (χ0) is 15.9. The molecule has 0 bridgehead atoms. The number of carbonyl (C=O) groups excluding carboxylic acids is 1. The van der Waals surface area contributed by atoms with E-state index in [9.17, 15) is 9.18 Å². The molecule has 1 N–H and O–H groups in total. The van der Waals surface area contributed by atoms with Crippen LogP contribution in [0.25, 0.3) is 0 Å². The van der Waals surface area contributed by atoms with E-state index in [0.29, 0.717) is 35.6 Å². The first-order chi connectivity index (χ1) is 10.6. The molecule has 2 rings (SSSR count). The molecule has 0 fully saturated rings. The Kier molecular flexibility index (Phi) is 5.36. The summed E-state index contributed by atoms with van der Waals surface area (Å²) in [6.45, 7) is 0.385. The lowest BCUT2D eigenvalue weighted by Gasteiger charge is -2.10. The Bertz CT molecular complexity index is 658. The van der Waals surface area contributed by atoms with Gasteiger partial charge in [-0.3, -0.25) is 4.79 Å². The lowest BCUT2D eigenvalue weighted by Crippen LogP contribution is -2.25. The first-order valence-electron chi connectivity index (χ1n) is 6.88. The molecule has 0 aliphatic carbocycles. The molecular formula is C17H18FNO3. The van der Waals surface area contributed by atoms with Crippen LogP contribution < -0.4 is 14.8 Å². The van der Waals surface area contributed by atoms with Crippen molar-refractivity contribution >= 4 is 5.91 Å². The van der Waals surface area contributed by atoms with Crippen LogP contribution in [0.4, 0.5) is 4.39 Å². The van der Waals surface area contributed by atoms with Gasteiger partial charge in [-0.15, -0.1) is 0 Å². The summed E-state index contributed by atoms with van der Waals surface area (Å²) in [4.78, 5) is 12.1. The van der Waals surface area contributed by atoms with E-state index in [1.54, 1.807) is 37.4 Å². The van der Waals surface area contributed by atoms with E-state index in [-0.39, 0.29) is 11.7 Å². The van der Waals surface area contributed by atoms with Gasteiger partial charge in [0.2, 0.25) is 0 Å². The van der Waals surface area contributed by atoms with E-state index in [2.05, 4.69) is 5.32 Å². The Balaban J connectivity index is 1.96. The number of carbonyl (C=O) groups is 1. The van der Waals surface area contributed by atoms with Crippen molar-refractivity contribution in [2.24, 2.45) is 0 Å².